The Bertz CT molecular complexity index is 970. The van der Waals surface area contributed by atoms with Crippen molar-refractivity contribution in [3.63, 3.8) is 0 Å². The van der Waals surface area contributed by atoms with Crippen LogP contribution in [0.1, 0.15) is 12.5 Å². The van der Waals surface area contributed by atoms with E-state index in [1.54, 1.807) is 31.2 Å². The quantitative estimate of drug-likeness (QED) is 0.590. The Morgan fingerprint density at radius 2 is 1.40 bits per heavy atom. The first-order valence-electron chi connectivity index (χ1n) is 9.61. The summed E-state index contributed by atoms with van der Waals surface area (Å²) in [7, 11) is 0. The standard InChI is InChI=1S/C24H24N2O4/c1-17-8-12-21(13-9-17)29-16-23(27)25-26-24(28)18(2)30-22-14-10-20(11-15-22)19-6-4-3-5-7-19/h3-15,18H,16H2,1-2H3,(H,25,27)(H,26,28). The monoisotopic (exact) mass is 404 g/mol. The van der Waals surface area contributed by atoms with Gasteiger partial charge in [-0.1, -0.05) is 60.2 Å². The predicted molar refractivity (Wildman–Crippen MR) is 115 cm³/mol. The predicted octanol–water partition coefficient (Wildman–Crippen LogP) is 3.66. The summed E-state index contributed by atoms with van der Waals surface area (Å²) < 4.78 is 11.0. The number of hydrazine groups is 1. The molecule has 3 aromatic carbocycles. The van der Waals surface area contributed by atoms with Gasteiger partial charge in [-0.15, -0.1) is 0 Å². The molecule has 0 bridgehead atoms. The van der Waals surface area contributed by atoms with Crippen molar-refractivity contribution in [2.45, 2.75) is 20.0 Å². The van der Waals surface area contributed by atoms with E-state index in [1.165, 1.54) is 0 Å². The second-order valence-corrected chi connectivity index (χ2v) is 6.79. The molecule has 0 fully saturated rings. The maximum atomic E-state index is 12.2. The Labute approximate surface area is 175 Å². The van der Waals surface area contributed by atoms with Crippen LogP contribution in [0.2, 0.25) is 0 Å². The Morgan fingerprint density at radius 3 is 2.07 bits per heavy atom. The molecule has 0 aliphatic rings. The third-order valence-electron chi connectivity index (χ3n) is 4.36. The van der Waals surface area contributed by atoms with E-state index in [1.807, 2.05) is 61.5 Å². The van der Waals surface area contributed by atoms with Crippen molar-refractivity contribution in [2.75, 3.05) is 6.61 Å². The van der Waals surface area contributed by atoms with E-state index in [-0.39, 0.29) is 6.61 Å². The molecule has 2 N–H and O–H groups in total. The van der Waals surface area contributed by atoms with Gasteiger partial charge in [-0.25, -0.2) is 0 Å². The van der Waals surface area contributed by atoms with Crippen LogP contribution in [0.3, 0.4) is 0 Å². The maximum absolute atomic E-state index is 12.2. The molecule has 0 saturated heterocycles. The smallest absolute Gasteiger partial charge is 0.279 e. The van der Waals surface area contributed by atoms with Gasteiger partial charge in [0, 0.05) is 0 Å². The summed E-state index contributed by atoms with van der Waals surface area (Å²) in [6.45, 7) is 3.36. The molecule has 0 aliphatic heterocycles. The van der Waals surface area contributed by atoms with Crippen molar-refractivity contribution in [1.29, 1.82) is 0 Å². The largest absolute Gasteiger partial charge is 0.484 e. The normalized spacial score (nSPS) is 11.3. The first-order valence-corrected chi connectivity index (χ1v) is 9.61. The molecule has 0 heterocycles. The number of carbonyl (C=O) groups is 2. The Morgan fingerprint density at radius 1 is 0.800 bits per heavy atom. The minimum Gasteiger partial charge on any atom is -0.484 e. The fourth-order valence-corrected chi connectivity index (χ4v) is 2.67. The molecule has 0 aromatic heterocycles. The second kappa shape index (κ2) is 10.1. The van der Waals surface area contributed by atoms with Gasteiger partial charge in [0.05, 0.1) is 0 Å². The molecule has 0 spiro atoms. The van der Waals surface area contributed by atoms with Gasteiger partial charge in [0.15, 0.2) is 12.7 Å². The third kappa shape index (κ3) is 6.10. The number of ether oxygens (including phenoxy) is 2. The lowest BCUT2D eigenvalue weighted by atomic mass is 10.1. The van der Waals surface area contributed by atoms with Gasteiger partial charge in [-0.2, -0.15) is 0 Å². The van der Waals surface area contributed by atoms with Gasteiger partial charge >= 0.3 is 0 Å². The van der Waals surface area contributed by atoms with Gasteiger partial charge < -0.3 is 9.47 Å². The van der Waals surface area contributed by atoms with E-state index < -0.39 is 17.9 Å². The first kappa shape index (κ1) is 20.9. The summed E-state index contributed by atoms with van der Waals surface area (Å²) in [6, 6.07) is 24.8. The van der Waals surface area contributed by atoms with E-state index in [2.05, 4.69) is 10.9 Å². The van der Waals surface area contributed by atoms with Gasteiger partial charge in [0.2, 0.25) is 0 Å². The number of nitrogens with one attached hydrogen (secondary N) is 2. The lowest BCUT2D eigenvalue weighted by molar-refractivity contribution is -0.133. The van der Waals surface area contributed by atoms with Crippen molar-refractivity contribution in [2.24, 2.45) is 0 Å². The Hall–Kier alpha value is -3.80. The van der Waals surface area contributed by atoms with Crippen LogP contribution < -0.4 is 20.3 Å². The van der Waals surface area contributed by atoms with E-state index in [0.717, 1.165) is 16.7 Å². The molecule has 3 rings (SSSR count). The van der Waals surface area contributed by atoms with Crippen LogP contribution in [0.15, 0.2) is 78.9 Å². The molecule has 0 radical (unpaired) electrons. The average Bonchev–Trinajstić information content (AvgIpc) is 2.78. The highest BCUT2D eigenvalue weighted by Gasteiger charge is 2.15. The van der Waals surface area contributed by atoms with Crippen LogP contribution in [-0.4, -0.2) is 24.5 Å². The molecule has 2 amide bonds. The number of aryl methyl sites for hydroxylation is 1. The summed E-state index contributed by atoms with van der Waals surface area (Å²) in [5.41, 5.74) is 7.92. The zero-order valence-electron chi connectivity index (χ0n) is 16.9. The van der Waals surface area contributed by atoms with Crippen molar-refractivity contribution >= 4 is 11.8 Å². The molecule has 6 nitrogen and oxygen atoms in total. The van der Waals surface area contributed by atoms with E-state index in [9.17, 15) is 9.59 Å². The second-order valence-electron chi connectivity index (χ2n) is 6.79. The first-order chi connectivity index (χ1) is 14.5. The van der Waals surface area contributed by atoms with Crippen LogP contribution in [0.5, 0.6) is 11.5 Å². The molecule has 30 heavy (non-hydrogen) atoms. The van der Waals surface area contributed by atoms with Gasteiger partial charge in [-0.3, -0.25) is 20.4 Å². The van der Waals surface area contributed by atoms with Crippen LogP contribution in [0.4, 0.5) is 0 Å². The summed E-state index contributed by atoms with van der Waals surface area (Å²) >= 11 is 0. The number of carbonyl (C=O) groups excluding carboxylic acids is 2. The number of hydrogen-bond donors (Lipinski definition) is 2. The van der Waals surface area contributed by atoms with Crippen molar-refractivity contribution in [3.05, 3.63) is 84.4 Å². The molecule has 154 valence electrons. The number of rotatable bonds is 7. The number of hydrogen-bond acceptors (Lipinski definition) is 4. The topological polar surface area (TPSA) is 76.7 Å². The summed E-state index contributed by atoms with van der Waals surface area (Å²) in [6.07, 6.45) is -0.786. The molecule has 1 unspecified atom stereocenters. The summed E-state index contributed by atoms with van der Waals surface area (Å²) in [4.78, 5) is 24.0. The van der Waals surface area contributed by atoms with Crippen LogP contribution in [-0.2, 0) is 9.59 Å². The van der Waals surface area contributed by atoms with Gasteiger partial charge in [0.1, 0.15) is 11.5 Å². The molecule has 3 aromatic rings. The van der Waals surface area contributed by atoms with E-state index in [0.29, 0.717) is 11.5 Å². The fourth-order valence-electron chi connectivity index (χ4n) is 2.67. The highest BCUT2D eigenvalue weighted by atomic mass is 16.5. The Balaban J connectivity index is 1.43. The summed E-state index contributed by atoms with van der Waals surface area (Å²) in [5, 5.41) is 0. The molecular weight excluding hydrogens is 380 g/mol. The average molecular weight is 404 g/mol. The maximum Gasteiger partial charge on any atom is 0.279 e. The zero-order valence-corrected chi connectivity index (χ0v) is 16.9. The molecule has 6 heteroatoms. The van der Waals surface area contributed by atoms with Crippen molar-refractivity contribution < 1.29 is 19.1 Å². The Kier molecular flexibility index (Phi) is 7.05. The number of amides is 2. The molecular formula is C24H24N2O4. The van der Waals surface area contributed by atoms with Gasteiger partial charge in [0.25, 0.3) is 11.8 Å². The fraction of sp³-hybridized carbons (Fsp3) is 0.167. The molecule has 0 aliphatic carbocycles. The number of benzene rings is 3. The zero-order chi connectivity index (χ0) is 21.3. The van der Waals surface area contributed by atoms with E-state index in [4.69, 9.17) is 9.47 Å². The van der Waals surface area contributed by atoms with Gasteiger partial charge in [-0.05, 0) is 49.2 Å². The highest BCUT2D eigenvalue weighted by molar-refractivity contribution is 5.85. The molecule has 1 atom stereocenters. The van der Waals surface area contributed by atoms with Crippen molar-refractivity contribution in [1.82, 2.24) is 10.9 Å². The SMILES string of the molecule is Cc1ccc(OCC(=O)NNC(=O)C(C)Oc2ccc(-c3ccccc3)cc2)cc1. The van der Waals surface area contributed by atoms with E-state index >= 15 is 0 Å². The highest BCUT2D eigenvalue weighted by Crippen LogP contribution is 2.22. The van der Waals surface area contributed by atoms with Crippen LogP contribution >= 0.6 is 0 Å². The molecule has 0 saturated carbocycles. The van der Waals surface area contributed by atoms with Crippen LogP contribution in [0, 0.1) is 6.92 Å². The lowest BCUT2D eigenvalue weighted by Crippen LogP contribution is -2.48. The van der Waals surface area contributed by atoms with Crippen LogP contribution in [0.25, 0.3) is 11.1 Å². The summed E-state index contributed by atoms with van der Waals surface area (Å²) in [5.74, 6) is 0.207. The minimum atomic E-state index is -0.786. The minimum absolute atomic E-state index is 0.209. The lowest BCUT2D eigenvalue weighted by Gasteiger charge is -2.15. The van der Waals surface area contributed by atoms with Crippen molar-refractivity contribution in [3.8, 4) is 22.6 Å². The third-order valence-corrected chi connectivity index (χ3v) is 4.36.